The first-order valence-electron chi connectivity index (χ1n) is 10.1. The number of nitrogens with one attached hydrogen (secondary N) is 1. The van der Waals surface area contributed by atoms with Gasteiger partial charge in [0.2, 0.25) is 5.91 Å². The monoisotopic (exact) mass is 483 g/mol. The number of thiophene rings is 1. The van der Waals surface area contributed by atoms with Gasteiger partial charge in [-0.25, -0.2) is 14.8 Å². The van der Waals surface area contributed by atoms with Crippen LogP contribution in [0.3, 0.4) is 0 Å². The number of hydrogen-bond donors (Lipinski definition) is 1. The summed E-state index contributed by atoms with van der Waals surface area (Å²) < 4.78 is 7.88. The Balaban J connectivity index is 1.70. The van der Waals surface area contributed by atoms with Crippen molar-refractivity contribution in [2.75, 3.05) is 17.7 Å². The van der Waals surface area contributed by atoms with E-state index >= 15 is 0 Å². The minimum atomic E-state index is -0.504. The number of amides is 1. The summed E-state index contributed by atoms with van der Waals surface area (Å²) in [6, 6.07) is 10.9. The molecule has 3 aromatic heterocycles. The van der Waals surface area contributed by atoms with Crippen molar-refractivity contribution < 1.29 is 9.53 Å². The summed E-state index contributed by atoms with van der Waals surface area (Å²) >= 11 is 2.56. The summed E-state index contributed by atoms with van der Waals surface area (Å²) in [5.74, 6) is 0.695. The number of thioether (sulfide) groups is 1. The number of para-hydroxylation sites is 2. The quantitative estimate of drug-likeness (QED) is 0.318. The first kappa shape index (κ1) is 22.7. The number of benzene rings is 1. The summed E-state index contributed by atoms with van der Waals surface area (Å²) in [4.78, 5) is 47.9. The number of ether oxygens (including phenoxy) is 1. The molecule has 170 valence electrons. The first-order valence-corrected chi connectivity index (χ1v) is 11.9. The molecule has 0 atom stereocenters. The lowest BCUT2D eigenvalue weighted by Crippen LogP contribution is -2.37. The Bertz CT molecular complexity index is 1440. The van der Waals surface area contributed by atoms with Gasteiger partial charge in [-0.1, -0.05) is 30.0 Å². The highest BCUT2D eigenvalue weighted by Gasteiger charge is 2.19. The molecule has 0 aliphatic rings. The Morgan fingerprint density at radius 3 is 2.64 bits per heavy atom. The van der Waals surface area contributed by atoms with Gasteiger partial charge in [-0.2, -0.15) is 0 Å². The third-order valence-electron chi connectivity index (χ3n) is 4.81. The molecule has 0 aliphatic heterocycles. The van der Waals surface area contributed by atoms with Crippen molar-refractivity contribution in [2.45, 2.75) is 11.9 Å². The van der Waals surface area contributed by atoms with E-state index in [1.807, 2.05) is 30.5 Å². The maximum Gasteiger partial charge on any atom is 0.332 e. The van der Waals surface area contributed by atoms with Crippen LogP contribution in [0, 0.1) is 0 Å². The molecule has 11 heteroatoms. The second-order valence-electron chi connectivity index (χ2n) is 7.00. The molecule has 0 saturated carbocycles. The Morgan fingerprint density at radius 2 is 1.91 bits per heavy atom. The normalized spacial score (nSPS) is 11.0. The van der Waals surface area contributed by atoms with E-state index in [1.54, 1.807) is 25.2 Å². The summed E-state index contributed by atoms with van der Waals surface area (Å²) in [6.45, 7) is 2.34. The molecule has 0 saturated heterocycles. The summed E-state index contributed by atoms with van der Waals surface area (Å²) in [5, 5.41) is 5.27. The van der Waals surface area contributed by atoms with Crippen molar-refractivity contribution >= 4 is 45.7 Å². The number of aryl methyl sites for hydroxylation is 1. The Morgan fingerprint density at radius 1 is 1.12 bits per heavy atom. The zero-order valence-electron chi connectivity index (χ0n) is 18.2. The maximum absolute atomic E-state index is 12.9. The molecule has 0 aliphatic carbocycles. The van der Waals surface area contributed by atoms with Crippen LogP contribution in [0.1, 0.15) is 6.92 Å². The van der Waals surface area contributed by atoms with E-state index in [0.29, 0.717) is 28.9 Å². The van der Waals surface area contributed by atoms with E-state index in [1.165, 1.54) is 23.0 Å². The lowest BCUT2D eigenvalue weighted by molar-refractivity contribution is -0.113. The molecule has 1 aromatic carbocycles. The van der Waals surface area contributed by atoms with E-state index in [4.69, 9.17) is 4.74 Å². The highest BCUT2D eigenvalue weighted by Crippen LogP contribution is 2.29. The first-order chi connectivity index (χ1) is 15.9. The van der Waals surface area contributed by atoms with Gasteiger partial charge in [0.25, 0.3) is 5.56 Å². The number of carbonyl (C=O) groups excluding carboxylic acids is 1. The van der Waals surface area contributed by atoms with Crippen LogP contribution in [0.4, 0.5) is 5.69 Å². The Kier molecular flexibility index (Phi) is 6.61. The second kappa shape index (κ2) is 9.59. The minimum absolute atomic E-state index is 0.00243. The maximum atomic E-state index is 12.9. The van der Waals surface area contributed by atoms with E-state index in [2.05, 4.69) is 15.3 Å². The molecule has 0 radical (unpaired) electrons. The lowest BCUT2D eigenvalue weighted by atomic mass is 10.3. The lowest BCUT2D eigenvalue weighted by Gasteiger charge is -2.12. The zero-order valence-corrected chi connectivity index (χ0v) is 19.8. The number of nitrogens with zero attached hydrogens (tertiary/aromatic N) is 4. The SMILES string of the molecule is CCOc1ccccc1NC(=O)CSc1nc(-c2cccs2)nc2c1c(=O)n(C)c(=O)n2C. The Labute approximate surface area is 197 Å². The molecule has 0 spiro atoms. The van der Waals surface area contributed by atoms with Gasteiger partial charge in [-0.05, 0) is 30.5 Å². The molecule has 0 unspecified atom stereocenters. The number of rotatable bonds is 7. The minimum Gasteiger partial charge on any atom is -0.492 e. The molecule has 3 heterocycles. The molecule has 1 N–H and O–H groups in total. The van der Waals surface area contributed by atoms with Gasteiger partial charge in [0, 0.05) is 14.1 Å². The van der Waals surface area contributed by atoms with Gasteiger partial charge in [0.1, 0.15) is 16.2 Å². The Hall–Kier alpha value is -3.44. The predicted molar refractivity (Wildman–Crippen MR) is 130 cm³/mol. The van der Waals surface area contributed by atoms with Crippen LogP contribution in [0.15, 0.2) is 56.4 Å². The van der Waals surface area contributed by atoms with Crippen LogP contribution in [-0.4, -0.2) is 37.4 Å². The molecule has 1 amide bonds. The number of aromatic nitrogens is 4. The highest BCUT2D eigenvalue weighted by molar-refractivity contribution is 8.00. The molecule has 0 bridgehead atoms. The predicted octanol–water partition coefficient (Wildman–Crippen LogP) is 2.89. The van der Waals surface area contributed by atoms with Gasteiger partial charge in [0.05, 0.1) is 22.9 Å². The van der Waals surface area contributed by atoms with Gasteiger partial charge in [0.15, 0.2) is 11.5 Å². The van der Waals surface area contributed by atoms with E-state index < -0.39 is 11.2 Å². The van der Waals surface area contributed by atoms with Crippen molar-refractivity contribution in [1.82, 2.24) is 19.1 Å². The van der Waals surface area contributed by atoms with Crippen LogP contribution in [0.5, 0.6) is 5.75 Å². The third-order valence-corrected chi connectivity index (χ3v) is 6.65. The number of anilines is 1. The number of hydrogen-bond acceptors (Lipinski definition) is 8. The zero-order chi connectivity index (χ0) is 23.5. The van der Waals surface area contributed by atoms with E-state index in [0.717, 1.165) is 21.2 Å². The molecular formula is C22H21N5O4S2. The molecule has 0 fully saturated rings. The van der Waals surface area contributed by atoms with Crippen LogP contribution in [0.2, 0.25) is 0 Å². The van der Waals surface area contributed by atoms with Gasteiger partial charge >= 0.3 is 5.69 Å². The van der Waals surface area contributed by atoms with Crippen LogP contribution in [0.25, 0.3) is 21.7 Å². The third kappa shape index (κ3) is 4.55. The van der Waals surface area contributed by atoms with Crippen LogP contribution < -0.4 is 21.3 Å². The average molecular weight is 484 g/mol. The van der Waals surface area contributed by atoms with Crippen molar-refractivity contribution in [3.8, 4) is 16.5 Å². The topological polar surface area (TPSA) is 108 Å². The largest absolute Gasteiger partial charge is 0.492 e. The van der Waals surface area contributed by atoms with Crippen molar-refractivity contribution in [1.29, 1.82) is 0 Å². The van der Waals surface area contributed by atoms with Crippen molar-refractivity contribution in [2.24, 2.45) is 14.1 Å². The summed E-state index contributed by atoms with van der Waals surface area (Å²) in [7, 11) is 2.96. The molecular weight excluding hydrogens is 462 g/mol. The van der Waals surface area contributed by atoms with E-state index in [-0.39, 0.29) is 22.7 Å². The summed E-state index contributed by atoms with van der Waals surface area (Å²) in [5.41, 5.74) is -0.193. The van der Waals surface area contributed by atoms with Crippen LogP contribution in [-0.2, 0) is 18.9 Å². The molecule has 9 nitrogen and oxygen atoms in total. The standard InChI is InChI=1S/C22H21N5O4S2/c1-4-31-14-9-6-5-8-13(14)23-16(28)12-33-20-17-19(26(2)22(30)27(3)21(17)29)24-18(25-20)15-10-7-11-32-15/h5-11H,4,12H2,1-3H3,(H,23,28). The van der Waals surface area contributed by atoms with Gasteiger partial charge < -0.3 is 10.1 Å². The average Bonchev–Trinajstić information content (AvgIpc) is 3.36. The van der Waals surface area contributed by atoms with Crippen molar-refractivity contribution in [3.63, 3.8) is 0 Å². The van der Waals surface area contributed by atoms with Gasteiger partial charge in [-0.3, -0.25) is 18.7 Å². The molecule has 33 heavy (non-hydrogen) atoms. The van der Waals surface area contributed by atoms with E-state index in [9.17, 15) is 14.4 Å². The highest BCUT2D eigenvalue weighted by atomic mass is 32.2. The van der Waals surface area contributed by atoms with Crippen molar-refractivity contribution in [3.05, 3.63) is 62.6 Å². The molecule has 4 aromatic rings. The van der Waals surface area contributed by atoms with Crippen LogP contribution >= 0.6 is 23.1 Å². The smallest absolute Gasteiger partial charge is 0.332 e. The van der Waals surface area contributed by atoms with Gasteiger partial charge in [-0.15, -0.1) is 11.3 Å². The fourth-order valence-electron chi connectivity index (χ4n) is 3.22. The summed E-state index contributed by atoms with van der Waals surface area (Å²) in [6.07, 6.45) is 0. The number of carbonyl (C=O) groups is 1. The fraction of sp³-hybridized carbons (Fsp3) is 0.227. The molecule has 4 rings (SSSR count). The number of fused-ring (bicyclic) bond motifs is 1. The fourth-order valence-corrected chi connectivity index (χ4v) is 4.69. The second-order valence-corrected chi connectivity index (χ2v) is 8.91.